The molecule has 0 saturated heterocycles. The molecule has 13 heavy (non-hydrogen) atoms. The quantitative estimate of drug-likeness (QED) is 0.554. The fourth-order valence-electron chi connectivity index (χ4n) is 1.98. The van der Waals surface area contributed by atoms with E-state index in [-0.39, 0.29) is 0 Å². The predicted molar refractivity (Wildman–Crippen MR) is 59.6 cm³/mol. The first kappa shape index (κ1) is 10.8. The molecule has 1 aliphatic rings. The van der Waals surface area contributed by atoms with Crippen molar-refractivity contribution >= 4 is 0 Å². The van der Waals surface area contributed by atoms with Crippen molar-refractivity contribution < 1.29 is 0 Å². The molecule has 0 amide bonds. The Kier molecular flexibility index (Phi) is 3.58. The van der Waals surface area contributed by atoms with Crippen LogP contribution in [0.3, 0.4) is 0 Å². The van der Waals surface area contributed by atoms with Gasteiger partial charge in [0.15, 0.2) is 0 Å². The molecule has 0 radical (unpaired) electrons. The van der Waals surface area contributed by atoms with E-state index in [1.54, 1.807) is 0 Å². The normalized spacial score (nSPS) is 29.0. The van der Waals surface area contributed by atoms with Gasteiger partial charge < -0.3 is 0 Å². The van der Waals surface area contributed by atoms with E-state index < -0.39 is 0 Å². The third-order valence-electron chi connectivity index (χ3n) is 3.69. The molecular weight excluding hydrogens is 156 g/mol. The molecule has 76 valence electrons. The molecule has 0 nitrogen and oxygen atoms in total. The van der Waals surface area contributed by atoms with E-state index in [0.717, 1.165) is 23.7 Å². The summed E-state index contributed by atoms with van der Waals surface area (Å²) in [5, 5.41) is 0. The van der Waals surface area contributed by atoms with Gasteiger partial charge in [-0.15, -0.1) is 0 Å². The Morgan fingerprint density at radius 1 is 1.38 bits per heavy atom. The summed E-state index contributed by atoms with van der Waals surface area (Å²) in [4.78, 5) is 0. The minimum atomic E-state index is 0.849. The maximum absolute atomic E-state index is 4.03. The smallest absolute Gasteiger partial charge is 0.0177 e. The monoisotopic (exact) mass is 180 g/mol. The second-order valence-electron chi connectivity index (χ2n) is 5.25. The highest BCUT2D eigenvalue weighted by Crippen LogP contribution is 2.47. The van der Waals surface area contributed by atoms with Crippen LogP contribution in [0.4, 0.5) is 0 Å². The summed E-state index contributed by atoms with van der Waals surface area (Å²) in [7, 11) is 0. The molecule has 0 spiro atoms. The van der Waals surface area contributed by atoms with Crippen molar-refractivity contribution in [2.75, 3.05) is 0 Å². The summed E-state index contributed by atoms with van der Waals surface area (Å²) in [6.07, 6.45) is 4.25. The van der Waals surface area contributed by atoms with Crippen molar-refractivity contribution in [3.05, 3.63) is 12.2 Å². The van der Waals surface area contributed by atoms with Crippen molar-refractivity contribution in [1.82, 2.24) is 0 Å². The molecule has 1 saturated carbocycles. The van der Waals surface area contributed by atoms with Gasteiger partial charge in [0, 0.05) is 0 Å². The van der Waals surface area contributed by atoms with Crippen LogP contribution in [0.15, 0.2) is 12.2 Å². The lowest BCUT2D eigenvalue weighted by atomic mass is 9.92. The van der Waals surface area contributed by atoms with E-state index in [4.69, 9.17) is 0 Å². The fourth-order valence-corrected chi connectivity index (χ4v) is 1.98. The van der Waals surface area contributed by atoms with Crippen LogP contribution in [-0.4, -0.2) is 0 Å². The van der Waals surface area contributed by atoms with Crippen LogP contribution in [0.25, 0.3) is 0 Å². The van der Waals surface area contributed by atoms with Crippen LogP contribution >= 0.6 is 0 Å². The molecule has 3 atom stereocenters. The second kappa shape index (κ2) is 4.30. The maximum atomic E-state index is 4.03. The molecule has 0 aromatic carbocycles. The topological polar surface area (TPSA) is 0 Å². The van der Waals surface area contributed by atoms with Crippen molar-refractivity contribution in [2.45, 2.75) is 47.0 Å². The van der Waals surface area contributed by atoms with Gasteiger partial charge in [0.05, 0.1) is 0 Å². The molecular formula is C13H24. The van der Waals surface area contributed by atoms with Crippen molar-refractivity contribution in [3.63, 3.8) is 0 Å². The highest BCUT2D eigenvalue weighted by atomic mass is 14.4. The Hall–Kier alpha value is -0.260. The summed E-state index contributed by atoms with van der Waals surface area (Å²) in [6.45, 7) is 13.2. The van der Waals surface area contributed by atoms with E-state index in [9.17, 15) is 0 Å². The molecule has 0 heteroatoms. The van der Waals surface area contributed by atoms with Gasteiger partial charge in [0.2, 0.25) is 0 Å². The average molecular weight is 180 g/mol. The Morgan fingerprint density at radius 3 is 2.38 bits per heavy atom. The van der Waals surface area contributed by atoms with Crippen LogP contribution in [0.5, 0.6) is 0 Å². The first-order chi connectivity index (χ1) is 6.02. The molecule has 0 bridgehead atoms. The van der Waals surface area contributed by atoms with Crippen LogP contribution < -0.4 is 0 Å². The Bertz CT molecular complexity index is 178. The highest BCUT2D eigenvalue weighted by Gasteiger charge is 2.36. The standard InChI is InChI=1S/C13H24/c1-9(2)11(5)6-7-12-8-13(12)10(3)4/h9,11-13H,3,6-8H2,1-2,4-5H3. The molecule has 1 fully saturated rings. The first-order valence-corrected chi connectivity index (χ1v) is 5.67. The minimum absolute atomic E-state index is 0.849. The fraction of sp³-hybridized carbons (Fsp3) is 0.846. The SMILES string of the molecule is C=C(C)C1CC1CCC(C)C(C)C. The third kappa shape index (κ3) is 3.17. The summed E-state index contributed by atoms with van der Waals surface area (Å²) in [5.74, 6) is 3.60. The van der Waals surface area contributed by atoms with E-state index in [1.807, 2.05) is 0 Å². The number of hydrogen-bond acceptors (Lipinski definition) is 0. The predicted octanol–water partition coefficient (Wildman–Crippen LogP) is 4.27. The molecule has 3 unspecified atom stereocenters. The third-order valence-corrected chi connectivity index (χ3v) is 3.69. The average Bonchev–Trinajstić information content (AvgIpc) is 2.78. The summed E-state index contributed by atoms with van der Waals surface area (Å²) < 4.78 is 0. The van der Waals surface area contributed by atoms with Gasteiger partial charge in [-0.3, -0.25) is 0 Å². The zero-order chi connectivity index (χ0) is 10.0. The van der Waals surface area contributed by atoms with Gasteiger partial charge in [-0.25, -0.2) is 0 Å². The van der Waals surface area contributed by atoms with Gasteiger partial charge in [-0.1, -0.05) is 39.3 Å². The molecule has 0 N–H and O–H groups in total. The minimum Gasteiger partial charge on any atom is -0.0999 e. The van der Waals surface area contributed by atoms with E-state index in [1.165, 1.54) is 24.8 Å². The summed E-state index contributed by atoms with van der Waals surface area (Å²) in [5.41, 5.74) is 1.40. The van der Waals surface area contributed by atoms with E-state index in [0.29, 0.717) is 0 Å². The Morgan fingerprint density at radius 2 is 2.00 bits per heavy atom. The Balaban J connectivity index is 2.12. The van der Waals surface area contributed by atoms with Crippen LogP contribution in [0.2, 0.25) is 0 Å². The summed E-state index contributed by atoms with van der Waals surface area (Å²) in [6, 6.07) is 0. The van der Waals surface area contributed by atoms with Crippen molar-refractivity contribution in [3.8, 4) is 0 Å². The number of rotatable bonds is 5. The second-order valence-corrected chi connectivity index (χ2v) is 5.25. The van der Waals surface area contributed by atoms with Crippen LogP contribution in [0, 0.1) is 23.7 Å². The zero-order valence-corrected chi connectivity index (χ0v) is 9.64. The number of allylic oxidation sites excluding steroid dienone is 1. The lowest BCUT2D eigenvalue weighted by Crippen LogP contribution is -2.04. The molecule has 0 heterocycles. The lowest BCUT2D eigenvalue weighted by Gasteiger charge is -2.14. The van der Waals surface area contributed by atoms with E-state index in [2.05, 4.69) is 34.3 Å². The van der Waals surface area contributed by atoms with Crippen LogP contribution in [-0.2, 0) is 0 Å². The van der Waals surface area contributed by atoms with Gasteiger partial charge in [0.25, 0.3) is 0 Å². The lowest BCUT2D eigenvalue weighted by molar-refractivity contribution is 0.371. The van der Waals surface area contributed by atoms with Gasteiger partial charge in [-0.05, 0) is 43.4 Å². The van der Waals surface area contributed by atoms with Crippen molar-refractivity contribution in [2.24, 2.45) is 23.7 Å². The Labute approximate surface area is 83.4 Å². The highest BCUT2D eigenvalue weighted by molar-refractivity contribution is 5.08. The van der Waals surface area contributed by atoms with Crippen LogP contribution in [0.1, 0.15) is 47.0 Å². The van der Waals surface area contributed by atoms with Gasteiger partial charge in [0.1, 0.15) is 0 Å². The molecule has 1 aliphatic carbocycles. The van der Waals surface area contributed by atoms with Gasteiger partial charge in [-0.2, -0.15) is 0 Å². The zero-order valence-electron chi connectivity index (χ0n) is 9.64. The van der Waals surface area contributed by atoms with Gasteiger partial charge >= 0.3 is 0 Å². The molecule has 0 aromatic rings. The molecule has 0 aliphatic heterocycles. The maximum Gasteiger partial charge on any atom is -0.0177 e. The first-order valence-electron chi connectivity index (χ1n) is 5.67. The largest absolute Gasteiger partial charge is 0.0999 e. The summed E-state index contributed by atoms with van der Waals surface area (Å²) >= 11 is 0. The molecule has 0 aromatic heterocycles. The van der Waals surface area contributed by atoms with Crippen molar-refractivity contribution in [1.29, 1.82) is 0 Å². The number of hydrogen-bond donors (Lipinski definition) is 0. The molecule has 1 rings (SSSR count). The van der Waals surface area contributed by atoms with E-state index >= 15 is 0 Å².